The van der Waals surface area contributed by atoms with E-state index >= 15 is 0 Å². The van der Waals surface area contributed by atoms with Gasteiger partial charge in [0.2, 0.25) is 8.32 Å². The number of benzene rings is 2. The molecule has 0 bridgehead atoms. The van der Waals surface area contributed by atoms with Gasteiger partial charge in [-0.15, -0.1) is 0 Å². The van der Waals surface area contributed by atoms with Gasteiger partial charge in [0.1, 0.15) is 17.2 Å². The Labute approximate surface area is 271 Å². The Morgan fingerprint density at radius 1 is 0.650 bits per heavy atom. The lowest BCUT2D eigenvalue weighted by atomic mass is 10.2. The van der Waals surface area contributed by atoms with Gasteiger partial charge in [-0.25, -0.2) is 0 Å². The van der Waals surface area contributed by atoms with Crippen LogP contribution in [0.15, 0.2) is 45.3 Å². The summed E-state index contributed by atoms with van der Waals surface area (Å²) < 4.78 is 14.7. The Bertz CT molecular complexity index is 1080. The van der Waals surface area contributed by atoms with Gasteiger partial charge in [0.05, 0.1) is 4.47 Å². The summed E-state index contributed by atoms with van der Waals surface area (Å²) in [5, 5.41) is 9.62. The Hall–Kier alpha value is -0.259. The summed E-state index contributed by atoms with van der Waals surface area (Å²) in [6, 6.07) is 11.3. The number of halogens is 3. The van der Waals surface area contributed by atoms with Gasteiger partial charge in [0.25, 0.3) is 8.32 Å². The second-order valence-electron chi connectivity index (χ2n) is 15.0. The smallest absolute Gasteiger partial charge is 0.250 e. The van der Waals surface area contributed by atoms with Crippen molar-refractivity contribution in [1.29, 1.82) is 0 Å². The van der Waals surface area contributed by atoms with Crippen molar-refractivity contribution in [3.63, 3.8) is 0 Å². The van der Waals surface area contributed by atoms with E-state index in [0.29, 0.717) is 10.8 Å². The Kier molecular flexibility index (Phi) is 14.4. The number of aromatic hydroxyl groups is 1. The standard InChI is InChI=1S/C18H33BrO2Si2.C7H7BrO.C6H15ClSi/c1-17(2,3)22(7,8)20-14-11-12-16(15(19)13-14)21-23(9,10)18(4,5)6;1-5-2-3-6(9)4-7(5)8;1-6(2,3)8(4,5)7/h11-13H,1-10H3;2-4,9H,1H3;1-5H3. The van der Waals surface area contributed by atoms with Crippen molar-refractivity contribution >= 4 is 67.0 Å². The molecule has 0 aliphatic heterocycles. The van der Waals surface area contributed by atoms with Gasteiger partial charge in [0, 0.05) is 4.47 Å². The van der Waals surface area contributed by atoms with Gasteiger partial charge in [-0.05, 0) is 100 Å². The molecule has 230 valence electrons. The van der Waals surface area contributed by atoms with Crippen molar-refractivity contribution in [1.82, 2.24) is 0 Å². The zero-order valence-electron chi connectivity index (χ0n) is 27.9. The monoisotopic (exact) mass is 752 g/mol. The third kappa shape index (κ3) is 12.9. The van der Waals surface area contributed by atoms with Crippen LogP contribution in [0, 0.1) is 6.92 Å². The first kappa shape index (κ1) is 39.7. The van der Waals surface area contributed by atoms with E-state index in [4.69, 9.17) is 25.0 Å². The van der Waals surface area contributed by atoms with Gasteiger partial charge in [-0.3, -0.25) is 0 Å². The van der Waals surface area contributed by atoms with Gasteiger partial charge in [-0.1, -0.05) is 97.4 Å². The predicted octanol–water partition coefficient (Wildman–Crippen LogP) is 12.9. The number of phenols is 1. The lowest BCUT2D eigenvalue weighted by Gasteiger charge is -2.37. The molecule has 0 unspecified atom stereocenters. The molecule has 0 aromatic heterocycles. The van der Waals surface area contributed by atoms with Gasteiger partial charge in [0.15, 0.2) is 7.38 Å². The first-order valence-corrected chi connectivity index (χ1v) is 25.2. The highest BCUT2D eigenvalue weighted by Gasteiger charge is 2.40. The largest absolute Gasteiger partial charge is 0.543 e. The maximum atomic E-state index is 8.91. The Balaban J connectivity index is 0.000000726. The van der Waals surface area contributed by atoms with Crippen LogP contribution in [0.4, 0.5) is 0 Å². The number of rotatable bonds is 4. The van der Waals surface area contributed by atoms with E-state index in [-0.39, 0.29) is 10.1 Å². The van der Waals surface area contributed by atoms with Crippen molar-refractivity contribution in [2.24, 2.45) is 0 Å². The molecular weight excluding hydrogens is 700 g/mol. The fraction of sp³-hybridized carbons (Fsp3) is 0.613. The second-order valence-corrected chi connectivity index (χ2v) is 33.4. The highest BCUT2D eigenvalue weighted by Crippen LogP contribution is 2.42. The third-order valence-corrected chi connectivity index (χ3v) is 23.6. The zero-order valence-corrected chi connectivity index (χ0v) is 34.8. The van der Waals surface area contributed by atoms with Gasteiger partial charge >= 0.3 is 0 Å². The van der Waals surface area contributed by atoms with E-state index in [1.807, 2.05) is 31.2 Å². The molecule has 0 aliphatic rings. The molecule has 0 fully saturated rings. The molecule has 2 rings (SSSR count). The summed E-state index contributed by atoms with van der Waals surface area (Å²) in [4.78, 5) is 0. The van der Waals surface area contributed by atoms with Crippen LogP contribution in [0.1, 0.15) is 67.9 Å². The summed E-state index contributed by atoms with van der Waals surface area (Å²) in [6.45, 7) is 35.5. The minimum Gasteiger partial charge on any atom is -0.543 e. The molecule has 0 aliphatic carbocycles. The lowest BCUT2D eigenvalue weighted by Crippen LogP contribution is -2.44. The number of phenolic OH excluding ortho intramolecular Hbond substituents is 1. The van der Waals surface area contributed by atoms with E-state index in [9.17, 15) is 0 Å². The highest BCUT2D eigenvalue weighted by atomic mass is 79.9. The van der Waals surface area contributed by atoms with Crippen molar-refractivity contribution in [2.45, 2.75) is 124 Å². The summed E-state index contributed by atoms with van der Waals surface area (Å²) >= 11 is 13.1. The minimum atomic E-state index is -1.83. The van der Waals surface area contributed by atoms with Gasteiger partial charge < -0.3 is 14.0 Å². The molecular formula is C31H55Br2ClO3Si3. The van der Waals surface area contributed by atoms with Crippen molar-refractivity contribution in [3.05, 3.63) is 50.9 Å². The van der Waals surface area contributed by atoms with Crippen LogP contribution in [0.5, 0.6) is 17.2 Å². The molecule has 0 spiro atoms. The summed E-state index contributed by atoms with van der Waals surface area (Å²) in [5.74, 6) is 2.14. The van der Waals surface area contributed by atoms with E-state index < -0.39 is 24.0 Å². The number of hydrogen-bond acceptors (Lipinski definition) is 3. The minimum absolute atomic E-state index is 0.183. The number of hydrogen-bond donors (Lipinski definition) is 1. The summed E-state index contributed by atoms with van der Waals surface area (Å²) in [5.41, 5.74) is 1.13. The van der Waals surface area contributed by atoms with E-state index in [0.717, 1.165) is 26.0 Å². The van der Waals surface area contributed by atoms with Crippen molar-refractivity contribution in [3.8, 4) is 17.2 Å². The molecule has 0 saturated carbocycles. The third-order valence-electron chi connectivity index (χ3n) is 8.19. The maximum absolute atomic E-state index is 8.91. The van der Waals surface area contributed by atoms with Crippen LogP contribution >= 0.6 is 42.9 Å². The molecule has 2 aromatic carbocycles. The molecule has 40 heavy (non-hydrogen) atoms. The summed E-state index contributed by atoms with van der Waals surface area (Å²) in [6.07, 6.45) is 0. The van der Waals surface area contributed by atoms with Crippen LogP contribution in [-0.2, 0) is 0 Å². The van der Waals surface area contributed by atoms with E-state index in [1.54, 1.807) is 12.1 Å². The first-order chi connectivity index (χ1) is 17.5. The van der Waals surface area contributed by atoms with Crippen LogP contribution in [0.3, 0.4) is 0 Å². The van der Waals surface area contributed by atoms with Gasteiger partial charge in [-0.2, -0.15) is 11.1 Å². The Morgan fingerprint density at radius 2 is 1.07 bits per heavy atom. The molecule has 9 heteroatoms. The van der Waals surface area contributed by atoms with Crippen molar-refractivity contribution < 1.29 is 14.0 Å². The van der Waals surface area contributed by atoms with Crippen LogP contribution < -0.4 is 8.85 Å². The second kappa shape index (κ2) is 14.5. The lowest BCUT2D eigenvalue weighted by molar-refractivity contribution is 0.475. The summed E-state index contributed by atoms with van der Waals surface area (Å²) in [7, 11) is -5.04. The fourth-order valence-electron chi connectivity index (χ4n) is 2.09. The molecule has 0 saturated heterocycles. The molecule has 0 atom stereocenters. The molecule has 0 amide bonds. The molecule has 2 aromatic rings. The van der Waals surface area contributed by atoms with E-state index in [1.165, 1.54) is 0 Å². The topological polar surface area (TPSA) is 38.7 Å². The maximum Gasteiger partial charge on any atom is 0.250 e. The highest BCUT2D eigenvalue weighted by molar-refractivity contribution is 9.10. The van der Waals surface area contributed by atoms with Crippen molar-refractivity contribution in [2.75, 3.05) is 0 Å². The molecule has 0 radical (unpaired) electrons. The predicted molar refractivity (Wildman–Crippen MR) is 193 cm³/mol. The SMILES string of the molecule is CC(C)(C)[Si](C)(C)Cl.CC(C)(C)[Si](C)(C)Oc1ccc(O[Si](C)(C)C(C)(C)C)c(Br)c1.Cc1ccc(O)cc1Br. The molecule has 0 heterocycles. The zero-order chi connectivity index (χ0) is 32.1. The molecule has 1 N–H and O–H groups in total. The fourth-order valence-corrected chi connectivity index (χ4v) is 5.10. The van der Waals surface area contributed by atoms with Crippen LogP contribution in [0.2, 0.25) is 54.4 Å². The number of aryl methyl sites for hydroxylation is 1. The normalized spacial score (nSPS) is 13.0. The van der Waals surface area contributed by atoms with E-state index in [2.05, 4.69) is 133 Å². The van der Waals surface area contributed by atoms with Crippen LogP contribution in [0.25, 0.3) is 0 Å². The quantitative estimate of drug-likeness (QED) is 0.250. The first-order valence-electron chi connectivity index (χ1n) is 13.8. The average Bonchev–Trinajstić information content (AvgIpc) is 2.70. The Morgan fingerprint density at radius 3 is 1.40 bits per heavy atom. The van der Waals surface area contributed by atoms with Crippen LogP contribution in [-0.4, -0.2) is 29.1 Å². The molecule has 3 nitrogen and oxygen atoms in total. The average molecular weight is 755 g/mol.